The van der Waals surface area contributed by atoms with Crippen molar-refractivity contribution in [3.63, 3.8) is 0 Å². The SMILES string of the molecule is CCCSc1nc2n(n1)C(c1ccc(OC)c(OC)c1)C(C(=O)Nc1cccnc1)=C(C)N2. The summed E-state index contributed by atoms with van der Waals surface area (Å²) in [5, 5.41) is 11.6. The summed E-state index contributed by atoms with van der Waals surface area (Å²) < 4.78 is 12.7. The molecule has 1 aliphatic heterocycles. The number of anilines is 2. The number of nitrogens with zero attached hydrogens (tertiary/aromatic N) is 4. The van der Waals surface area contributed by atoms with Crippen LogP contribution < -0.4 is 20.1 Å². The summed E-state index contributed by atoms with van der Waals surface area (Å²) in [5.74, 6) is 2.42. The summed E-state index contributed by atoms with van der Waals surface area (Å²) in [4.78, 5) is 22.2. The summed E-state index contributed by atoms with van der Waals surface area (Å²) in [6, 6.07) is 8.65. The predicted molar refractivity (Wildman–Crippen MR) is 128 cm³/mol. The number of rotatable bonds is 8. The van der Waals surface area contributed by atoms with E-state index in [0.717, 1.165) is 17.7 Å². The quantitative estimate of drug-likeness (QED) is 0.478. The van der Waals surface area contributed by atoms with Crippen LogP contribution in [0.25, 0.3) is 0 Å². The summed E-state index contributed by atoms with van der Waals surface area (Å²) in [6.07, 6.45) is 4.28. The minimum atomic E-state index is -0.513. The molecule has 2 aromatic heterocycles. The van der Waals surface area contributed by atoms with Crippen molar-refractivity contribution in [2.75, 3.05) is 30.6 Å². The van der Waals surface area contributed by atoms with Gasteiger partial charge in [-0.05, 0) is 43.2 Å². The molecule has 10 heteroatoms. The monoisotopic (exact) mass is 466 g/mol. The molecule has 1 aromatic carbocycles. The molecule has 9 nitrogen and oxygen atoms in total. The lowest BCUT2D eigenvalue weighted by Gasteiger charge is -2.29. The number of carbonyl (C=O) groups is 1. The van der Waals surface area contributed by atoms with Crippen LogP contribution in [0.15, 0.2) is 59.2 Å². The molecule has 0 spiro atoms. The van der Waals surface area contributed by atoms with Gasteiger partial charge in [-0.2, -0.15) is 4.98 Å². The number of allylic oxidation sites excluding steroid dienone is 1. The Hall–Kier alpha value is -3.53. The van der Waals surface area contributed by atoms with Gasteiger partial charge in [-0.3, -0.25) is 9.78 Å². The van der Waals surface area contributed by atoms with Crippen LogP contribution in [0.2, 0.25) is 0 Å². The first-order valence-electron chi connectivity index (χ1n) is 10.6. The van der Waals surface area contributed by atoms with Crippen molar-refractivity contribution in [3.05, 3.63) is 59.6 Å². The Labute approximate surface area is 196 Å². The van der Waals surface area contributed by atoms with Gasteiger partial charge in [0.2, 0.25) is 11.1 Å². The van der Waals surface area contributed by atoms with E-state index in [4.69, 9.17) is 14.6 Å². The molecule has 172 valence electrons. The van der Waals surface area contributed by atoms with Gasteiger partial charge in [0.1, 0.15) is 6.04 Å². The third-order valence-electron chi connectivity index (χ3n) is 5.16. The van der Waals surface area contributed by atoms with Gasteiger partial charge >= 0.3 is 0 Å². The molecule has 1 amide bonds. The average Bonchev–Trinajstić information content (AvgIpc) is 3.24. The maximum atomic E-state index is 13.5. The van der Waals surface area contributed by atoms with E-state index in [1.54, 1.807) is 55.2 Å². The van der Waals surface area contributed by atoms with Crippen LogP contribution >= 0.6 is 11.8 Å². The fourth-order valence-electron chi connectivity index (χ4n) is 3.65. The number of thioether (sulfide) groups is 1. The number of aromatic nitrogens is 4. The third-order valence-corrected chi connectivity index (χ3v) is 6.20. The van der Waals surface area contributed by atoms with Crippen molar-refractivity contribution >= 4 is 29.3 Å². The molecule has 4 rings (SSSR count). The first-order valence-corrected chi connectivity index (χ1v) is 11.5. The number of methoxy groups -OCH3 is 2. The molecule has 0 radical (unpaired) electrons. The van der Waals surface area contributed by atoms with Crippen LogP contribution in [0.3, 0.4) is 0 Å². The van der Waals surface area contributed by atoms with E-state index in [-0.39, 0.29) is 5.91 Å². The van der Waals surface area contributed by atoms with Crippen molar-refractivity contribution in [2.24, 2.45) is 0 Å². The maximum absolute atomic E-state index is 13.5. The lowest BCUT2D eigenvalue weighted by atomic mass is 9.94. The second-order valence-corrected chi connectivity index (χ2v) is 8.45. The molecule has 3 aromatic rings. The van der Waals surface area contributed by atoms with Crippen molar-refractivity contribution in [1.29, 1.82) is 0 Å². The van der Waals surface area contributed by atoms with Crippen LogP contribution in [0.1, 0.15) is 31.9 Å². The highest BCUT2D eigenvalue weighted by Crippen LogP contribution is 2.39. The van der Waals surface area contributed by atoms with Gasteiger partial charge in [0.25, 0.3) is 5.91 Å². The molecule has 0 fully saturated rings. The molecule has 1 aliphatic rings. The second-order valence-electron chi connectivity index (χ2n) is 7.39. The zero-order chi connectivity index (χ0) is 23.4. The van der Waals surface area contributed by atoms with E-state index in [0.29, 0.717) is 39.6 Å². The molecule has 1 unspecified atom stereocenters. The van der Waals surface area contributed by atoms with E-state index >= 15 is 0 Å². The normalized spacial score (nSPS) is 15.0. The standard InChI is InChI=1S/C23H26N6O3S/c1-5-11-33-23-27-22-25-14(2)19(21(30)26-16-7-6-10-24-13-16)20(29(22)28-23)15-8-9-17(31-3)18(12-15)32-4/h6-10,12-13,20H,5,11H2,1-4H3,(H,26,30)(H,25,27,28). The highest BCUT2D eigenvalue weighted by atomic mass is 32.2. The topological polar surface area (TPSA) is 103 Å². The average molecular weight is 467 g/mol. The van der Waals surface area contributed by atoms with Crippen LogP contribution in [0, 0.1) is 0 Å². The highest BCUT2D eigenvalue weighted by molar-refractivity contribution is 7.99. The minimum absolute atomic E-state index is 0.253. The third kappa shape index (κ3) is 4.65. The van der Waals surface area contributed by atoms with E-state index in [9.17, 15) is 4.79 Å². The van der Waals surface area contributed by atoms with Crippen LogP contribution in [0.5, 0.6) is 11.5 Å². The number of hydrogen-bond donors (Lipinski definition) is 2. The lowest BCUT2D eigenvalue weighted by molar-refractivity contribution is -0.113. The van der Waals surface area contributed by atoms with Crippen molar-refractivity contribution in [3.8, 4) is 11.5 Å². The Balaban J connectivity index is 1.80. The summed E-state index contributed by atoms with van der Waals surface area (Å²) in [6.45, 7) is 3.98. The molecule has 33 heavy (non-hydrogen) atoms. The number of amides is 1. The number of ether oxygens (including phenoxy) is 2. The Morgan fingerprint density at radius 3 is 2.76 bits per heavy atom. The minimum Gasteiger partial charge on any atom is -0.493 e. The first kappa shape index (κ1) is 22.7. The Morgan fingerprint density at radius 1 is 1.24 bits per heavy atom. The number of hydrogen-bond acceptors (Lipinski definition) is 8. The molecule has 0 aliphatic carbocycles. The van der Waals surface area contributed by atoms with Crippen LogP contribution in [-0.2, 0) is 4.79 Å². The Kier molecular flexibility index (Phi) is 6.83. The largest absolute Gasteiger partial charge is 0.493 e. The summed E-state index contributed by atoms with van der Waals surface area (Å²) in [5.41, 5.74) is 2.65. The van der Waals surface area contributed by atoms with Gasteiger partial charge in [0.05, 0.1) is 31.7 Å². The van der Waals surface area contributed by atoms with Crippen LogP contribution in [0.4, 0.5) is 11.6 Å². The summed E-state index contributed by atoms with van der Waals surface area (Å²) in [7, 11) is 3.17. The van der Waals surface area contributed by atoms with Gasteiger partial charge < -0.3 is 20.1 Å². The number of benzene rings is 1. The number of pyridine rings is 1. The van der Waals surface area contributed by atoms with Gasteiger partial charge in [0, 0.05) is 17.6 Å². The maximum Gasteiger partial charge on any atom is 0.255 e. The smallest absolute Gasteiger partial charge is 0.255 e. The number of nitrogens with one attached hydrogen (secondary N) is 2. The number of fused-ring (bicyclic) bond motifs is 1. The van der Waals surface area contributed by atoms with Gasteiger partial charge in [0.15, 0.2) is 11.5 Å². The van der Waals surface area contributed by atoms with Crippen molar-refractivity contribution in [2.45, 2.75) is 31.5 Å². The van der Waals surface area contributed by atoms with E-state index in [2.05, 4.69) is 27.5 Å². The molecule has 1 atom stereocenters. The first-order chi connectivity index (χ1) is 16.0. The van der Waals surface area contributed by atoms with E-state index < -0.39 is 6.04 Å². The predicted octanol–water partition coefficient (Wildman–Crippen LogP) is 4.12. The number of carbonyl (C=O) groups excluding carboxylic acids is 1. The zero-order valence-corrected chi connectivity index (χ0v) is 19.8. The lowest BCUT2D eigenvalue weighted by Crippen LogP contribution is -2.31. The van der Waals surface area contributed by atoms with Crippen molar-refractivity contribution < 1.29 is 14.3 Å². The van der Waals surface area contributed by atoms with Crippen LogP contribution in [-0.4, -0.2) is 45.6 Å². The Morgan fingerprint density at radius 2 is 2.06 bits per heavy atom. The van der Waals surface area contributed by atoms with Gasteiger partial charge in [-0.1, -0.05) is 24.8 Å². The second kappa shape index (κ2) is 9.95. The molecule has 0 saturated heterocycles. The molecular formula is C23H26N6O3S. The fourth-order valence-corrected chi connectivity index (χ4v) is 4.33. The van der Waals surface area contributed by atoms with Gasteiger partial charge in [-0.15, -0.1) is 5.10 Å². The summed E-state index contributed by atoms with van der Waals surface area (Å²) >= 11 is 1.58. The zero-order valence-electron chi connectivity index (χ0n) is 19.0. The van der Waals surface area contributed by atoms with E-state index in [1.807, 2.05) is 25.1 Å². The molecule has 3 heterocycles. The molecule has 2 N–H and O–H groups in total. The molecule has 0 bridgehead atoms. The van der Waals surface area contributed by atoms with Gasteiger partial charge in [-0.25, -0.2) is 4.68 Å². The highest BCUT2D eigenvalue weighted by Gasteiger charge is 2.35. The molecular weight excluding hydrogens is 440 g/mol. The van der Waals surface area contributed by atoms with Crippen molar-refractivity contribution in [1.82, 2.24) is 19.7 Å². The Bertz CT molecular complexity index is 1180. The molecule has 0 saturated carbocycles. The fraction of sp³-hybridized carbons (Fsp3) is 0.304. The van der Waals surface area contributed by atoms with E-state index in [1.165, 1.54) is 0 Å².